The van der Waals surface area contributed by atoms with E-state index in [0.717, 1.165) is 5.56 Å². The highest BCUT2D eigenvalue weighted by atomic mass is 35.5. The number of nitrogens with zero attached hydrogens (tertiary/aromatic N) is 1. The Morgan fingerprint density at radius 1 is 1.15 bits per heavy atom. The molecule has 2 heterocycles. The lowest BCUT2D eigenvalue weighted by atomic mass is 9.95. The lowest BCUT2D eigenvalue weighted by Gasteiger charge is -2.21. The predicted molar refractivity (Wildman–Crippen MR) is 99.9 cm³/mol. The number of benzene rings is 2. The van der Waals surface area contributed by atoms with Gasteiger partial charge < -0.3 is 20.1 Å². The molecule has 6 heteroatoms. The molecule has 4 rings (SSSR count). The highest BCUT2D eigenvalue weighted by Gasteiger charge is 2.33. The molecule has 1 fully saturated rings. The molecule has 2 aromatic rings. The fourth-order valence-corrected chi connectivity index (χ4v) is 3.93. The van der Waals surface area contributed by atoms with E-state index in [4.69, 9.17) is 26.8 Å². The fraction of sp³-hybridized carbons (Fsp3) is 0.350. The molecule has 5 nitrogen and oxygen atoms in total. The molecule has 1 amide bonds. The fourth-order valence-electron chi connectivity index (χ4n) is 3.64. The summed E-state index contributed by atoms with van der Waals surface area (Å²) in [7, 11) is 0. The number of likely N-dealkylation sites (tertiary alicyclic amines) is 1. The van der Waals surface area contributed by atoms with E-state index >= 15 is 0 Å². The summed E-state index contributed by atoms with van der Waals surface area (Å²) in [6, 6.07) is 13.7. The van der Waals surface area contributed by atoms with Crippen molar-refractivity contribution in [3.05, 3.63) is 58.6 Å². The SMILES string of the molecule is N[C@@H]1CN(C(=O)Cc2cc(Cl)c3c(c2)OCCO3)C[C@H]1c1ccccc1. The Balaban J connectivity index is 1.47. The highest BCUT2D eigenvalue weighted by Crippen LogP contribution is 2.38. The summed E-state index contributed by atoms with van der Waals surface area (Å²) in [6.45, 7) is 2.18. The first-order chi connectivity index (χ1) is 12.6. The van der Waals surface area contributed by atoms with Crippen LogP contribution in [0.4, 0.5) is 0 Å². The number of carbonyl (C=O) groups excluding carboxylic acids is 1. The Kier molecular flexibility index (Phi) is 4.74. The number of rotatable bonds is 3. The first-order valence-electron chi connectivity index (χ1n) is 8.78. The van der Waals surface area contributed by atoms with Crippen LogP contribution in [0.2, 0.25) is 5.02 Å². The first-order valence-corrected chi connectivity index (χ1v) is 9.16. The minimum atomic E-state index is -0.0507. The van der Waals surface area contributed by atoms with E-state index in [1.165, 1.54) is 5.56 Å². The van der Waals surface area contributed by atoms with Gasteiger partial charge in [0.15, 0.2) is 11.5 Å². The van der Waals surface area contributed by atoms with Gasteiger partial charge in [0.05, 0.1) is 11.4 Å². The molecule has 0 saturated carbocycles. The van der Waals surface area contributed by atoms with Gasteiger partial charge in [-0.15, -0.1) is 0 Å². The van der Waals surface area contributed by atoms with Crippen molar-refractivity contribution in [3.8, 4) is 11.5 Å². The molecule has 2 aliphatic heterocycles. The van der Waals surface area contributed by atoms with E-state index in [-0.39, 0.29) is 24.3 Å². The van der Waals surface area contributed by atoms with Crippen LogP contribution in [0.15, 0.2) is 42.5 Å². The molecule has 0 unspecified atom stereocenters. The summed E-state index contributed by atoms with van der Waals surface area (Å²) in [4.78, 5) is 14.6. The first kappa shape index (κ1) is 17.2. The van der Waals surface area contributed by atoms with Gasteiger partial charge in [0.1, 0.15) is 13.2 Å². The largest absolute Gasteiger partial charge is 0.486 e. The molecule has 0 radical (unpaired) electrons. The van der Waals surface area contributed by atoms with E-state index in [2.05, 4.69) is 12.1 Å². The average Bonchev–Trinajstić information content (AvgIpc) is 3.04. The lowest BCUT2D eigenvalue weighted by molar-refractivity contribution is -0.129. The van der Waals surface area contributed by atoms with Crippen molar-refractivity contribution < 1.29 is 14.3 Å². The molecule has 2 aromatic carbocycles. The van der Waals surface area contributed by atoms with Gasteiger partial charge in [-0.25, -0.2) is 0 Å². The predicted octanol–water partition coefficient (Wildman–Crippen LogP) is 2.61. The lowest BCUT2D eigenvalue weighted by Crippen LogP contribution is -2.33. The van der Waals surface area contributed by atoms with Gasteiger partial charge in [-0.3, -0.25) is 4.79 Å². The quantitative estimate of drug-likeness (QED) is 0.899. The normalized spacial score (nSPS) is 21.7. The molecular formula is C20H21ClN2O3. The number of hydrogen-bond acceptors (Lipinski definition) is 4. The van der Waals surface area contributed by atoms with Crippen molar-refractivity contribution in [2.24, 2.45) is 5.73 Å². The van der Waals surface area contributed by atoms with Crippen LogP contribution < -0.4 is 15.2 Å². The van der Waals surface area contributed by atoms with Crippen molar-refractivity contribution in [1.82, 2.24) is 4.90 Å². The van der Waals surface area contributed by atoms with Crippen molar-refractivity contribution >= 4 is 17.5 Å². The summed E-state index contributed by atoms with van der Waals surface area (Å²) in [6.07, 6.45) is 0.268. The molecule has 2 atom stereocenters. The van der Waals surface area contributed by atoms with Crippen LogP contribution in [0, 0.1) is 0 Å². The number of halogens is 1. The summed E-state index contributed by atoms with van der Waals surface area (Å²) in [5.41, 5.74) is 8.30. The molecule has 0 spiro atoms. The number of nitrogens with two attached hydrogens (primary N) is 1. The Morgan fingerprint density at radius 3 is 2.73 bits per heavy atom. The third-order valence-corrected chi connectivity index (χ3v) is 5.24. The Labute approximate surface area is 157 Å². The highest BCUT2D eigenvalue weighted by molar-refractivity contribution is 6.32. The summed E-state index contributed by atoms with van der Waals surface area (Å²) >= 11 is 6.27. The van der Waals surface area contributed by atoms with Crippen LogP contribution >= 0.6 is 11.6 Å². The summed E-state index contributed by atoms with van der Waals surface area (Å²) in [5.74, 6) is 1.38. The molecule has 0 aromatic heterocycles. The topological polar surface area (TPSA) is 64.8 Å². The number of carbonyl (C=O) groups is 1. The van der Waals surface area contributed by atoms with Gasteiger partial charge >= 0.3 is 0 Å². The second-order valence-corrected chi connectivity index (χ2v) is 7.17. The minimum Gasteiger partial charge on any atom is -0.486 e. The minimum absolute atomic E-state index is 0.0478. The van der Waals surface area contributed by atoms with Gasteiger partial charge in [-0.2, -0.15) is 0 Å². The van der Waals surface area contributed by atoms with Crippen LogP contribution in [0.3, 0.4) is 0 Å². The van der Waals surface area contributed by atoms with E-state index < -0.39 is 0 Å². The third-order valence-electron chi connectivity index (χ3n) is 4.96. The van der Waals surface area contributed by atoms with Crippen molar-refractivity contribution in [3.63, 3.8) is 0 Å². The summed E-state index contributed by atoms with van der Waals surface area (Å²) < 4.78 is 11.1. The van der Waals surface area contributed by atoms with E-state index in [0.29, 0.717) is 42.8 Å². The molecule has 0 bridgehead atoms. The van der Waals surface area contributed by atoms with Gasteiger partial charge in [-0.1, -0.05) is 41.9 Å². The van der Waals surface area contributed by atoms with Crippen LogP contribution in [0.25, 0.3) is 0 Å². The van der Waals surface area contributed by atoms with Crippen LogP contribution in [0.5, 0.6) is 11.5 Å². The van der Waals surface area contributed by atoms with Gasteiger partial charge in [0.25, 0.3) is 0 Å². The molecule has 136 valence electrons. The number of hydrogen-bond donors (Lipinski definition) is 1. The van der Waals surface area contributed by atoms with Gasteiger partial charge in [-0.05, 0) is 23.3 Å². The maximum Gasteiger partial charge on any atom is 0.227 e. The zero-order chi connectivity index (χ0) is 18.1. The zero-order valence-corrected chi connectivity index (χ0v) is 15.1. The molecule has 0 aliphatic carbocycles. The molecule has 2 aliphatic rings. The Morgan fingerprint density at radius 2 is 1.92 bits per heavy atom. The van der Waals surface area contributed by atoms with Gasteiger partial charge in [0, 0.05) is 25.0 Å². The monoisotopic (exact) mass is 372 g/mol. The number of fused-ring (bicyclic) bond motifs is 1. The standard InChI is InChI=1S/C20H21ClN2O3/c21-16-8-13(9-18-20(16)26-7-6-25-18)10-19(24)23-11-15(17(22)12-23)14-4-2-1-3-5-14/h1-5,8-9,15,17H,6-7,10-12,22H2/t15-,17+/m0/s1. The van der Waals surface area contributed by atoms with E-state index in [1.807, 2.05) is 29.2 Å². The second kappa shape index (κ2) is 7.17. The van der Waals surface area contributed by atoms with E-state index in [9.17, 15) is 4.79 Å². The third kappa shape index (κ3) is 3.37. The van der Waals surface area contributed by atoms with Crippen LogP contribution in [-0.2, 0) is 11.2 Å². The molecular weight excluding hydrogens is 352 g/mol. The average molecular weight is 373 g/mol. The van der Waals surface area contributed by atoms with Crippen molar-refractivity contribution in [2.75, 3.05) is 26.3 Å². The maximum atomic E-state index is 12.8. The maximum absolute atomic E-state index is 12.8. The molecule has 26 heavy (non-hydrogen) atoms. The smallest absolute Gasteiger partial charge is 0.227 e. The summed E-state index contributed by atoms with van der Waals surface area (Å²) in [5, 5.41) is 0.477. The van der Waals surface area contributed by atoms with Crippen LogP contribution in [-0.4, -0.2) is 43.2 Å². The van der Waals surface area contributed by atoms with Gasteiger partial charge in [0.2, 0.25) is 5.91 Å². The zero-order valence-electron chi connectivity index (χ0n) is 14.4. The number of amides is 1. The second-order valence-electron chi connectivity index (χ2n) is 6.76. The van der Waals surface area contributed by atoms with Crippen molar-refractivity contribution in [2.45, 2.75) is 18.4 Å². The molecule has 1 saturated heterocycles. The van der Waals surface area contributed by atoms with Crippen LogP contribution in [0.1, 0.15) is 17.0 Å². The van der Waals surface area contributed by atoms with E-state index in [1.54, 1.807) is 6.07 Å². The Hall–Kier alpha value is -2.24. The Bertz CT molecular complexity index is 812. The number of ether oxygens (including phenoxy) is 2. The van der Waals surface area contributed by atoms with Crippen molar-refractivity contribution in [1.29, 1.82) is 0 Å². The molecule has 2 N–H and O–H groups in total.